The van der Waals surface area contributed by atoms with Gasteiger partial charge in [0.1, 0.15) is 0 Å². The van der Waals surface area contributed by atoms with Gasteiger partial charge in [0.05, 0.1) is 4.90 Å². The zero-order valence-electron chi connectivity index (χ0n) is 14.2. The number of nitrogens with zero attached hydrogens (tertiary/aromatic N) is 1. The Hall–Kier alpha value is -1.15. The topological polar surface area (TPSA) is 78.5 Å². The van der Waals surface area contributed by atoms with E-state index in [1.54, 1.807) is 0 Å². The Kier molecular flexibility index (Phi) is 9.28. The first-order valence-electron chi connectivity index (χ1n) is 8.13. The third-order valence-corrected chi connectivity index (χ3v) is 5.36. The highest BCUT2D eigenvalue weighted by atomic mass is 35.5. The summed E-state index contributed by atoms with van der Waals surface area (Å²) in [5, 5.41) is 3.27. The van der Waals surface area contributed by atoms with Gasteiger partial charge in [0.25, 0.3) is 0 Å². The van der Waals surface area contributed by atoms with Gasteiger partial charge in [-0.05, 0) is 50.3 Å². The van der Waals surface area contributed by atoms with E-state index in [0.29, 0.717) is 11.6 Å². The zero-order chi connectivity index (χ0) is 18.0. The number of amides is 1. The van der Waals surface area contributed by atoms with Crippen molar-refractivity contribution in [3.05, 3.63) is 29.3 Å². The van der Waals surface area contributed by atoms with Crippen molar-refractivity contribution in [2.75, 3.05) is 32.7 Å². The third-order valence-electron chi connectivity index (χ3n) is 3.64. The van der Waals surface area contributed by atoms with Crippen LogP contribution in [0.3, 0.4) is 0 Å². The highest BCUT2D eigenvalue weighted by Crippen LogP contribution is 2.13. The molecule has 1 amide bonds. The first kappa shape index (κ1) is 20.9. The molecule has 0 radical (unpaired) electrons. The highest BCUT2D eigenvalue weighted by molar-refractivity contribution is 7.89. The molecule has 2 N–H and O–H groups in total. The summed E-state index contributed by atoms with van der Waals surface area (Å²) < 4.78 is 26.5. The molecular formula is C16H26ClN3O3S. The molecule has 0 spiro atoms. The number of hydrogen-bond acceptors (Lipinski definition) is 4. The van der Waals surface area contributed by atoms with Crippen LogP contribution >= 0.6 is 11.6 Å². The Bertz CT molecular complexity index is 601. The van der Waals surface area contributed by atoms with E-state index in [1.165, 1.54) is 24.3 Å². The van der Waals surface area contributed by atoms with Gasteiger partial charge in [-0.3, -0.25) is 4.79 Å². The van der Waals surface area contributed by atoms with Crippen LogP contribution in [0.5, 0.6) is 0 Å². The summed E-state index contributed by atoms with van der Waals surface area (Å²) in [6.45, 7) is 7.81. The first-order chi connectivity index (χ1) is 11.4. The summed E-state index contributed by atoms with van der Waals surface area (Å²) in [6, 6.07) is 5.88. The predicted octanol–water partition coefficient (Wildman–Crippen LogP) is 1.86. The predicted molar refractivity (Wildman–Crippen MR) is 96.7 cm³/mol. The average molecular weight is 376 g/mol. The van der Waals surface area contributed by atoms with Crippen molar-refractivity contribution in [3.8, 4) is 0 Å². The van der Waals surface area contributed by atoms with Crippen LogP contribution < -0.4 is 10.0 Å². The summed E-state index contributed by atoms with van der Waals surface area (Å²) in [7, 11) is -3.61. The summed E-state index contributed by atoms with van der Waals surface area (Å²) >= 11 is 5.73. The van der Waals surface area contributed by atoms with Crippen molar-refractivity contribution in [2.45, 2.75) is 31.6 Å². The van der Waals surface area contributed by atoms with Crippen molar-refractivity contribution in [2.24, 2.45) is 0 Å². The molecule has 8 heteroatoms. The van der Waals surface area contributed by atoms with Crippen LogP contribution in [-0.4, -0.2) is 51.9 Å². The van der Waals surface area contributed by atoms with Crippen molar-refractivity contribution < 1.29 is 13.2 Å². The van der Waals surface area contributed by atoms with Crippen LogP contribution in [0.25, 0.3) is 0 Å². The fourth-order valence-electron chi connectivity index (χ4n) is 2.15. The molecular weight excluding hydrogens is 350 g/mol. The standard InChI is InChI=1S/C16H26ClN3O3S/c1-3-20(4-2)13-5-11-18-16(21)10-12-19-24(22,23)15-8-6-14(17)7-9-15/h6-9,19H,3-5,10-13H2,1-2H3,(H,18,21). The van der Waals surface area contributed by atoms with Crippen molar-refractivity contribution in [3.63, 3.8) is 0 Å². The van der Waals surface area contributed by atoms with Crippen LogP contribution in [-0.2, 0) is 14.8 Å². The minimum atomic E-state index is -3.61. The van der Waals surface area contributed by atoms with Gasteiger partial charge in [0.15, 0.2) is 0 Å². The number of nitrogens with one attached hydrogen (secondary N) is 2. The Morgan fingerprint density at radius 3 is 2.33 bits per heavy atom. The summed E-state index contributed by atoms with van der Waals surface area (Å²) in [6.07, 6.45) is 0.988. The Morgan fingerprint density at radius 1 is 1.12 bits per heavy atom. The van der Waals surface area contributed by atoms with Crippen LogP contribution in [0.4, 0.5) is 0 Å². The minimum absolute atomic E-state index is 0.0623. The van der Waals surface area contributed by atoms with Crippen LogP contribution in [0, 0.1) is 0 Å². The van der Waals surface area contributed by atoms with Crippen molar-refractivity contribution >= 4 is 27.5 Å². The lowest BCUT2D eigenvalue weighted by molar-refractivity contribution is -0.120. The maximum atomic E-state index is 12.0. The molecule has 1 aromatic rings. The second kappa shape index (κ2) is 10.7. The number of rotatable bonds is 11. The monoisotopic (exact) mass is 375 g/mol. The lowest BCUT2D eigenvalue weighted by atomic mass is 10.3. The van der Waals surface area contributed by atoms with Crippen LogP contribution in [0.15, 0.2) is 29.2 Å². The van der Waals surface area contributed by atoms with E-state index in [9.17, 15) is 13.2 Å². The van der Waals surface area contributed by atoms with Crippen LogP contribution in [0.2, 0.25) is 5.02 Å². The van der Waals surface area contributed by atoms with Gasteiger partial charge < -0.3 is 10.2 Å². The van der Waals surface area contributed by atoms with Crippen LogP contribution in [0.1, 0.15) is 26.7 Å². The molecule has 136 valence electrons. The molecule has 1 aromatic carbocycles. The Morgan fingerprint density at radius 2 is 1.75 bits per heavy atom. The molecule has 0 fully saturated rings. The maximum Gasteiger partial charge on any atom is 0.240 e. The van der Waals surface area contributed by atoms with Gasteiger partial charge in [-0.25, -0.2) is 13.1 Å². The minimum Gasteiger partial charge on any atom is -0.356 e. The molecule has 0 aliphatic rings. The Labute approximate surface area is 149 Å². The normalized spacial score (nSPS) is 11.7. The maximum absolute atomic E-state index is 12.0. The van der Waals surface area contributed by atoms with E-state index < -0.39 is 10.0 Å². The van der Waals surface area contributed by atoms with Gasteiger partial charge in [-0.2, -0.15) is 0 Å². The van der Waals surface area contributed by atoms with E-state index in [2.05, 4.69) is 28.8 Å². The second-order valence-corrected chi connectivity index (χ2v) is 7.54. The average Bonchev–Trinajstić information content (AvgIpc) is 2.55. The largest absolute Gasteiger partial charge is 0.356 e. The smallest absolute Gasteiger partial charge is 0.240 e. The fourth-order valence-corrected chi connectivity index (χ4v) is 3.31. The summed E-state index contributed by atoms with van der Waals surface area (Å²) in [4.78, 5) is 14.1. The van der Waals surface area contributed by atoms with Crippen molar-refractivity contribution in [1.82, 2.24) is 14.9 Å². The third kappa shape index (κ3) is 7.61. The summed E-state index contributed by atoms with van der Waals surface area (Å²) in [5.74, 6) is -0.159. The van der Waals surface area contributed by atoms with Gasteiger partial charge >= 0.3 is 0 Å². The number of sulfonamides is 1. The van der Waals surface area contributed by atoms with E-state index in [-0.39, 0.29) is 23.8 Å². The van der Waals surface area contributed by atoms with Gasteiger partial charge in [0, 0.05) is 24.5 Å². The van der Waals surface area contributed by atoms with E-state index in [1.807, 2.05) is 0 Å². The molecule has 0 heterocycles. The number of carbonyl (C=O) groups is 1. The van der Waals surface area contributed by atoms with Gasteiger partial charge in [-0.1, -0.05) is 25.4 Å². The second-order valence-electron chi connectivity index (χ2n) is 5.33. The van der Waals surface area contributed by atoms with Gasteiger partial charge in [-0.15, -0.1) is 0 Å². The lowest BCUT2D eigenvalue weighted by Crippen LogP contribution is -2.32. The first-order valence-corrected chi connectivity index (χ1v) is 9.99. The fraction of sp³-hybridized carbons (Fsp3) is 0.562. The molecule has 24 heavy (non-hydrogen) atoms. The molecule has 0 unspecified atom stereocenters. The van der Waals surface area contributed by atoms with E-state index in [4.69, 9.17) is 11.6 Å². The van der Waals surface area contributed by atoms with Gasteiger partial charge in [0.2, 0.25) is 15.9 Å². The number of benzene rings is 1. The molecule has 0 atom stereocenters. The number of carbonyl (C=O) groups excluding carboxylic acids is 1. The lowest BCUT2D eigenvalue weighted by Gasteiger charge is -2.17. The number of hydrogen-bond donors (Lipinski definition) is 2. The highest BCUT2D eigenvalue weighted by Gasteiger charge is 2.13. The van der Waals surface area contributed by atoms with Crippen molar-refractivity contribution in [1.29, 1.82) is 0 Å². The quantitative estimate of drug-likeness (QED) is 0.578. The number of halogens is 1. The molecule has 0 aliphatic carbocycles. The molecule has 0 aromatic heterocycles. The molecule has 6 nitrogen and oxygen atoms in total. The molecule has 0 saturated carbocycles. The molecule has 1 rings (SSSR count). The molecule has 0 aliphatic heterocycles. The molecule has 0 saturated heterocycles. The SMILES string of the molecule is CCN(CC)CCCNC(=O)CCNS(=O)(=O)c1ccc(Cl)cc1. The zero-order valence-corrected chi connectivity index (χ0v) is 15.8. The Balaban J connectivity index is 2.26. The van der Waals surface area contributed by atoms with E-state index >= 15 is 0 Å². The molecule has 0 bridgehead atoms. The summed E-state index contributed by atoms with van der Waals surface area (Å²) in [5.41, 5.74) is 0. The van der Waals surface area contributed by atoms with E-state index in [0.717, 1.165) is 26.1 Å².